The molecule has 0 spiro atoms. The maximum atomic E-state index is 13.6. The number of hydrogen-bond donors (Lipinski definition) is 3. The SMILES string of the molecule is COc1cc(NCC(O)C(N)=O)c(F)cc1[N+](=O)[O-]. The third-order valence-corrected chi connectivity index (χ3v) is 2.28. The topological polar surface area (TPSA) is 128 Å². The lowest BCUT2D eigenvalue weighted by atomic mass is 10.2. The predicted octanol–water partition coefficient (Wildman–Crippen LogP) is 0.000600. The number of ether oxygens (including phenoxy) is 1. The molecule has 1 amide bonds. The van der Waals surface area contributed by atoms with Gasteiger partial charge < -0.3 is 20.9 Å². The molecule has 104 valence electrons. The summed E-state index contributed by atoms with van der Waals surface area (Å²) in [6.07, 6.45) is -1.50. The summed E-state index contributed by atoms with van der Waals surface area (Å²) in [6, 6.07) is 1.74. The van der Waals surface area contributed by atoms with E-state index in [9.17, 15) is 19.3 Å². The molecule has 0 heterocycles. The van der Waals surface area contributed by atoms with Crippen molar-refractivity contribution in [1.82, 2.24) is 0 Å². The van der Waals surface area contributed by atoms with E-state index in [1.165, 1.54) is 7.11 Å². The van der Waals surface area contributed by atoms with E-state index in [2.05, 4.69) is 5.32 Å². The number of primary amides is 1. The van der Waals surface area contributed by atoms with Gasteiger partial charge in [-0.2, -0.15) is 0 Å². The molecule has 1 aromatic carbocycles. The molecule has 1 unspecified atom stereocenters. The summed E-state index contributed by atoms with van der Waals surface area (Å²) in [6.45, 7) is -0.326. The number of halogens is 1. The number of amides is 1. The Morgan fingerprint density at radius 1 is 1.68 bits per heavy atom. The molecule has 0 aliphatic heterocycles. The third kappa shape index (κ3) is 3.52. The summed E-state index contributed by atoms with van der Waals surface area (Å²) >= 11 is 0. The van der Waals surface area contributed by atoms with Crippen molar-refractivity contribution in [2.75, 3.05) is 19.0 Å². The van der Waals surface area contributed by atoms with E-state index in [1.54, 1.807) is 0 Å². The zero-order chi connectivity index (χ0) is 14.6. The number of aliphatic hydroxyl groups excluding tert-OH is 1. The second-order valence-electron chi connectivity index (χ2n) is 3.56. The number of nitrogens with zero attached hydrogens (tertiary/aromatic N) is 1. The fourth-order valence-electron chi connectivity index (χ4n) is 1.29. The van der Waals surface area contributed by atoms with Crippen LogP contribution in [-0.2, 0) is 4.79 Å². The molecule has 4 N–H and O–H groups in total. The zero-order valence-electron chi connectivity index (χ0n) is 9.92. The molecule has 0 bridgehead atoms. The van der Waals surface area contributed by atoms with Crippen LogP contribution in [0.5, 0.6) is 5.75 Å². The summed E-state index contributed by atoms with van der Waals surface area (Å²) in [5.74, 6) is -2.03. The highest BCUT2D eigenvalue weighted by Gasteiger charge is 2.20. The van der Waals surface area contributed by atoms with Crippen LogP contribution in [0.25, 0.3) is 0 Å². The molecule has 0 fully saturated rings. The van der Waals surface area contributed by atoms with E-state index >= 15 is 0 Å². The minimum Gasteiger partial charge on any atom is -0.490 e. The van der Waals surface area contributed by atoms with E-state index < -0.39 is 28.4 Å². The average Bonchev–Trinajstić information content (AvgIpc) is 2.36. The van der Waals surface area contributed by atoms with E-state index in [1.807, 2.05) is 0 Å². The largest absolute Gasteiger partial charge is 0.490 e. The van der Waals surface area contributed by atoms with Crippen LogP contribution in [0.1, 0.15) is 0 Å². The van der Waals surface area contributed by atoms with Gasteiger partial charge in [-0.25, -0.2) is 4.39 Å². The normalized spacial score (nSPS) is 11.7. The molecule has 0 aliphatic rings. The van der Waals surface area contributed by atoms with Crippen LogP contribution in [0.4, 0.5) is 15.8 Å². The lowest BCUT2D eigenvalue weighted by Gasteiger charge is -2.11. The van der Waals surface area contributed by atoms with Crippen LogP contribution in [0, 0.1) is 15.9 Å². The van der Waals surface area contributed by atoms with Gasteiger partial charge in [-0.05, 0) is 0 Å². The van der Waals surface area contributed by atoms with Gasteiger partial charge in [0.05, 0.1) is 23.8 Å². The Kier molecular flexibility index (Phi) is 4.59. The first kappa shape index (κ1) is 14.6. The standard InChI is InChI=1S/C10H12FN3O5/c1-19-9-3-6(13-4-8(15)10(12)16)5(11)2-7(9)14(17)18/h2-3,8,13,15H,4H2,1H3,(H2,12,16). The van der Waals surface area contributed by atoms with Gasteiger partial charge in [-0.15, -0.1) is 0 Å². The number of methoxy groups -OCH3 is 1. The number of nitro benzene ring substituents is 1. The van der Waals surface area contributed by atoms with Gasteiger partial charge in [0.25, 0.3) is 0 Å². The molecule has 9 heteroatoms. The molecule has 0 aromatic heterocycles. The predicted molar refractivity (Wildman–Crippen MR) is 63.3 cm³/mol. The summed E-state index contributed by atoms with van der Waals surface area (Å²) in [7, 11) is 1.20. The van der Waals surface area contributed by atoms with Gasteiger partial charge in [0.1, 0.15) is 6.10 Å². The van der Waals surface area contributed by atoms with Gasteiger partial charge in [0.15, 0.2) is 11.6 Å². The molecule has 1 rings (SSSR count). The fraction of sp³-hybridized carbons (Fsp3) is 0.300. The molecule has 19 heavy (non-hydrogen) atoms. The van der Waals surface area contributed by atoms with Crippen LogP contribution in [0.15, 0.2) is 12.1 Å². The minimum atomic E-state index is -1.50. The van der Waals surface area contributed by atoms with Crippen molar-refractivity contribution in [2.24, 2.45) is 5.73 Å². The van der Waals surface area contributed by atoms with Gasteiger partial charge in [0.2, 0.25) is 5.91 Å². The second-order valence-corrected chi connectivity index (χ2v) is 3.56. The number of hydrogen-bond acceptors (Lipinski definition) is 6. The van der Waals surface area contributed by atoms with Crippen LogP contribution in [0.3, 0.4) is 0 Å². The number of carbonyl (C=O) groups is 1. The smallest absolute Gasteiger partial charge is 0.313 e. The fourth-order valence-corrected chi connectivity index (χ4v) is 1.29. The summed E-state index contributed by atoms with van der Waals surface area (Å²) in [5.41, 5.74) is 4.14. The zero-order valence-corrected chi connectivity index (χ0v) is 9.92. The molecular weight excluding hydrogens is 261 g/mol. The summed E-state index contributed by atoms with van der Waals surface area (Å²) < 4.78 is 18.3. The Labute approximate surface area is 107 Å². The quantitative estimate of drug-likeness (QED) is 0.494. The van der Waals surface area contributed by atoms with Crippen molar-refractivity contribution in [2.45, 2.75) is 6.10 Å². The average molecular weight is 273 g/mol. The monoisotopic (exact) mass is 273 g/mol. The lowest BCUT2D eigenvalue weighted by molar-refractivity contribution is -0.385. The first-order valence-electron chi connectivity index (χ1n) is 5.10. The molecule has 0 saturated heterocycles. The Hall–Kier alpha value is -2.42. The molecule has 0 aliphatic carbocycles. The number of nitrogens with two attached hydrogens (primary N) is 1. The van der Waals surface area contributed by atoms with Crippen molar-refractivity contribution in [3.8, 4) is 5.75 Å². The number of rotatable bonds is 6. The second kappa shape index (κ2) is 5.96. The minimum absolute atomic E-state index is 0.150. The van der Waals surface area contributed by atoms with Crippen LogP contribution in [0.2, 0.25) is 0 Å². The molecule has 0 saturated carbocycles. The van der Waals surface area contributed by atoms with Crippen LogP contribution < -0.4 is 15.8 Å². The van der Waals surface area contributed by atoms with Gasteiger partial charge >= 0.3 is 5.69 Å². The van der Waals surface area contributed by atoms with Gasteiger partial charge in [-0.3, -0.25) is 14.9 Å². The highest BCUT2D eigenvalue weighted by molar-refractivity contribution is 5.79. The third-order valence-electron chi connectivity index (χ3n) is 2.28. The number of benzene rings is 1. The van der Waals surface area contributed by atoms with E-state index in [0.717, 1.165) is 6.07 Å². The first-order chi connectivity index (χ1) is 8.86. The van der Waals surface area contributed by atoms with Gasteiger partial charge in [-0.1, -0.05) is 0 Å². The van der Waals surface area contributed by atoms with E-state index in [4.69, 9.17) is 15.6 Å². The van der Waals surface area contributed by atoms with Crippen molar-refractivity contribution in [3.63, 3.8) is 0 Å². The van der Waals surface area contributed by atoms with Crippen molar-refractivity contribution in [3.05, 3.63) is 28.1 Å². The number of anilines is 1. The molecule has 0 radical (unpaired) electrons. The Bertz CT molecular complexity index is 508. The van der Waals surface area contributed by atoms with Crippen molar-refractivity contribution >= 4 is 17.3 Å². The van der Waals surface area contributed by atoms with Crippen LogP contribution in [-0.4, -0.2) is 35.7 Å². The Balaban J connectivity index is 2.97. The molecular formula is C10H12FN3O5. The van der Waals surface area contributed by atoms with E-state index in [0.29, 0.717) is 6.07 Å². The van der Waals surface area contributed by atoms with Crippen molar-refractivity contribution in [1.29, 1.82) is 0 Å². The first-order valence-corrected chi connectivity index (χ1v) is 5.10. The number of aliphatic hydroxyl groups is 1. The van der Waals surface area contributed by atoms with Gasteiger partial charge in [0, 0.05) is 12.6 Å². The molecule has 1 atom stereocenters. The maximum absolute atomic E-state index is 13.6. The highest BCUT2D eigenvalue weighted by atomic mass is 19.1. The van der Waals surface area contributed by atoms with Crippen LogP contribution >= 0.6 is 0 Å². The number of carbonyl (C=O) groups excluding carboxylic acids is 1. The molecule has 8 nitrogen and oxygen atoms in total. The molecule has 1 aromatic rings. The maximum Gasteiger partial charge on any atom is 0.313 e. The summed E-state index contributed by atoms with van der Waals surface area (Å²) in [4.78, 5) is 20.4. The highest BCUT2D eigenvalue weighted by Crippen LogP contribution is 2.32. The van der Waals surface area contributed by atoms with E-state index in [-0.39, 0.29) is 18.0 Å². The van der Waals surface area contributed by atoms with Crippen molar-refractivity contribution < 1.29 is 24.0 Å². The Morgan fingerprint density at radius 3 is 2.79 bits per heavy atom. The number of nitro groups is 1. The summed E-state index contributed by atoms with van der Waals surface area (Å²) in [5, 5.41) is 22.2. The lowest BCUT2D eigenvalue weighted by Crippen LogP contribution is -2.34. The number of nitrogens with one attached hydrogen (secondary N) is 1. The Morgan fingerprint density at radius 2 is 2.32 bits per heavy atom.